The third kappa shape index (κ3) is 3.11. The maximum atomic E-state index is 6.28. The number of benzene rings is 1. The van der Waals surface area contributed by atoms with Crippen LogP contribution in [0.5, 0.6) is 0 Å². The number of rotatable bonds is 4. The Morgan fingerprint density at radius 3 is 2.63 bits per heavy atom. The van der Waals surface area contributed by atoms with E-state index in [0.717, 1.165) is 33.4 Å². The second-order valence-electron chi connectivity index (χ2n) is 4.66. The zero-order valence-electron chi connectivity index (χ0n) is 11.0. The van der Waals surface area contributed by atoms with E-state index in [4.69, 9.17) is 28.9 Å². The maximum Gasteiger partial charge on any atom is 0.0847 e. The van der Waals surface area contributed by atoms with Crippen LogP contribution in [0.1, 0.15) is 22.9 Å². The van der Waals surface area contributed by atoms with Crippen LogP contribution in [0.2, 0.25) is 10.0 Å². The smallest absolute Gasteiger partial charge is 0.0847 e. The van der Waals surface area contributed by atoms with Crippen molar-refractivity contribution in [2.24, 2.45) is 12.8 Å². The van der Waals surface area contributed by atoms with Gasteiger partial charge in [0.1, 0.15) is 0 Å². The molecule has 0 spiro atoms. The van der Waals surface area contributed by atoms with Gasteiger partial charge >= 0.3 is 0 Å². The minimum absolute atomic E-state index is 0.186. The number of hydrogen-bond acceptors (Lipinski definition) is 2. The molecule has 0 aliphatic heterocycles. The van der Waals surface area contributed by atoms with Crippen LogP contribution in [0, 0.1) is 6.92 Å². The van der Waals surface area contributed by atoms with Crippen molar-refractivity contribution in [3.05, 3.63) is 51.3 Å². The number of nitrogens with zero attached hydrogens (tertiary/aromatic N) is 2. The molecule has 0 saturated carbocycles. The number of halogens is 2. The zero-order chi connectivity index (χ0) is 14.0. The summed E-state index contributed by atoms with van der Waals surface area (Å²) in [5, 5.41) is 5.78. The molecule has 2 aromatic rings. The molecule has 2 N–H and O–H groups in total. The van der Waals surface area contributed by atoms with Crippen molar-refractivity contribution in [2.45, 2.75) is 19.3 Å². The van der Waals surface area contributed by atoms with E-state index >= 15 is 0 Å². The molecule has 0 fully saturated rings. The van der Waals surface area contributed by atoms with Crippen molar-refractivity contribution >= 4 is 23.2 Å². The highest BCUT2D eigenvalue weighted by Crippen LogP contribution is 2.27. The van der Waals surface area contributed by atoms with Crippen molar-refractivity contribution in [3.8, 4) is 0 Å². The van der Waals surface area contributed by atoms with E-state index in [2.05, 4.69) is 5.10 Å². The fraction of sp³-hybridized carbons (Fsp3) is 0.357. The average Bonchev–Trinajstić information content (AvgIpc) is 2.61. The van der Waals surface area contributed by atoms with Gasteiger partial charge in [-0.05, 0) is 37.6 Å². The highest BCUT2D eigenvalue weighted by atomic mass is 35.5. The fourth-order valence-electron chi connectivity index (χ4n) is 2.23. The molecule has 3 nitrogen and oxygen atoms in total. The number of aromatic nitrogens is 2. The van der Waals surface area contributed by atoms with Crippen LogP contribution in [0.4, 0.5) is 0 Å². The molecule has 0 radical (unpaired) electrons. The van der Waals surface area contributed by atoms with Gasteiger partial charge in [0.05, 0.1) is 16.4 Å². The van der Waals surface area contributed by atoms with Crippen LogP contribution >= 0.6 is 23.2 Å². The Morgan fingerprint density at radius 2 is 2.11 bits per heavy atom. The van der Waals surface area contributed by atoms with Gasteiger partial charge in [-0.2, -0.15) is 5.10 Å². The topological polar surface area (TPSA) is 43.8 Å². The van der Waals surface area contributed by atoms with Crippen LogP contribution in [-0.2, 0) is 13.5 Å². The Balaban J connectivity index is 2.29. The maximum absolute atomic E-state index is 6.28. The number of aryl methyl sites for hydroxylation is 2. The summed E-state index contributed by atoms with van der Waals surface area (Å²) in [5.41, 5.74) is 8.88. The lowest BCUT2D eigenvalue weighted by atomic mass is 9.94. The molecule has 0 saturated heterocycles. The first-order chi connectivity index (χ1) is 9.02. The summed E-state index contributed by atoms with van der Waals surface area (Å²) in [6.07, 6.45) is 0.757. The minimum atomic E-state index is 0.186. The minimum Gasteiger partial charge on any atom is -0.330 e. The molecule has 1 atom stereocenters. The average molecular weight is 298 g/mol. The molecule has 0 amide bonds. The van der Waals surface area contributed by atoms with Gasteiger partial charge in [-0.15, -0.1) is 0 Å². The van der Waals surface area contributed by atoms with E-state index < -0.39 is 0 Å². The van der Waals surface area contributed by atoms with E-state index in [1.54, 1.807) is 0 Å². The normalized spacial score (nSPS) is 12.7. The third-order valence-corrected chi connectivity index (χ3v) is 4.03. The molecular weight excluding hydrogens is 281 g/mol. The van der Waals surface area contributed by atoms with Gasteiger partial charge in [0.2, 0.25) is 0 Å². The first-order valence-electron chi connectivity index (χ1n) is 6.16. The summed E-state index contributed by atoms with van der Waals surface area (Å²) in [4.78, 5) is 0. The summed E-state index contributed by atoms with van der Waals surface area (Å²) in [6, 6.07) is 7.80. The fourth-order valence-corrected chi connectivity index (χ4v) is 2.67. The van der Waals surface area contributed by atoms with Gasteiger partial charge < -0.3 is 5.73 Å². The van der Waals surface area contributed by atoms with E-state index in [9.17, 15) is 0 Å². The second-order valence-corrected chi connectivity index (χ2v) is 5.48. The highest BCUT2D eigenvalue weighted by Gasteiger charge is 2.17. The van der Waals surface area contributed by atoms with Gasteiger partial charge in [0, 0.05) is 18.0 Å². The van der Waals surface area contributed by atoms with Crippen LogP contribution in [0.15, 0.2) is 24.3 Å². The van der Waals surface area contributed by atoms with Crippen LogP contribution in [0.25, 0.3) is 0 Å². The van der Waals surface area contributed by atoms with Crippen molar-refractivity contribution in [1.82, 2.24) is 9.78 Å². The van der Waals surface area contributed by atoms with Crippen LogP contribution < -0.4 is 5.73 Å². The Kier molecular flexibility index (Phi) is 4.50. The lowest BCUT2D eigenvalue weighted by Gasteiger charge is -2.16. The van der Waals surface area contributed by atoms with Gasteiger partial charge in [0.15, 0.2) is 0 Å². The quantitative estimate of drug-likeness (QED) is 0.941. The predicted octanol–water partition coefficient (Wildman–Crippen LogP) is 3.32. The van der Waals surface area contributed by atoms with Crippen LogP contribution in [-0.4, -0.2) is 16.3 Å². The predicted molar refractivity (Wildman–Crippen MR) is 79.9 cm³/mol. The summed E-state index contributed by atoms with van der Waals surface area (Å²) in [6.45, 7) is 2.45. The largest absolute Gasteiger partial charge is 0.330 e. The molecule has 1 heterocycles. The van der Waals surface area contributed by atoms with Crippen molar-refractivity contribution in [2.75, 3.05) is 6.54 Å². The first kappa shape index (κ1) is 14.4. The lowest BCUT2D eigenvalue weighted by molar-refractivity contribution is 0.629. The Hall–Kier alpha value is -1.03. The first-order valence-corrected chi connectivity index (χ1v) is 6.92. The summed E-state index contributed by atoms with van der Waals surface area (Å²) >= 11 is 12.3. The van der Waals surface area contributed by atoms with Crippen LogP contribution in [0.3, 0.4) is 0 Å². The second kappa shape index (κ2) is 5.95. The highest BCUT2D eigenvalue weighted by molar-refractivity contribution is 6.32. The van der Waals surface area contributed by atoms with E-state index in [0.29, 0.717) is 6.54 Å². The zero-order valence-corrected chi connectivity index (χ0v) is 12.5. The molecule has 0 bridgehead atoms. The van der Waals surface area contributed by atoms with Gasteiger partial charge in [-0.25, -0.2) is 0 Å². The molecule has 0 aliphatic carbocycles. The third-order valence-electron chi connectivity index (χ3n) is 3.31. The van der Waals surface area contributed by atoms with Gasteiger partial charge in [0.25, 0.3) is 0 Å². The van der Waals surface area contributed by atoms with Crippen molar-refractivity contribution in [3.63, 3.8) is 0 Å². The summed E-state index contributed by atoms with van der Waals surface area (Å²) in [5.74, 6) is 0.186. The Labute approximate surface area is 123 Å². The molecule has 0 aliphatic rings. The number of nitrogens with two attached hydrogens (primary N) is 1. The molecule has 102 valence electrons. The molecule has 1 aromatic carbocycles. The summed E-state index contributed by atoms with van der Waals surface area (Å²) < 4.78 is 1.82. The Bertz CT molecular complexity index is 578. The van der Waals surface area contributed by atoms with E-state index in [1.165, 1.54) is 0 Å². The van der Waals surface area contributed by atoms with Crippen molar-refractivity contribution < 1.29 is 0 Å². The Morgan fingerprint density at radius 1 is 1.37 bits per heavy atom. The molecule has 2 rings (SSSR count). The van der Waals surface area contributed by atoms with E-state index in [-0.39, 0.29) is 5.92 Å². The molecule has 5 heteroatoms. The van der Waals surface area contributed by atoms with E-state index in [1.807, 2.05) is 42.9 Å². The van der Waals surface area contributed by atoms with Gasteiger partial charge in [-0.3, -0.25) is 4.68 Å². The van der Waals surface area contributed by atoms with Crippen molar-refractivity contribution in [1.29, 1.82) is 0 Å². The molecule has 19 heavy (non-hydrogen) atoms. The van der Waals surface area contributed by atoms with Gasteiger partial charge in [-0.1, -0.05) is 35.3 Å². The molecular formula is C14H17Cl2N3. The number of hydrogen-bond donors (Lipinski definition) is 1. The summed E-state index contributed by atoms with van der Waals surface area (Å²) in [7, 11) is 1.90. The SMILES string of the molecule is Cc1nn(C)c(CC(CN)c2cccc(Cl)c2)c1Cl. The molecule has 1 aromatic heterocycles. The lowest BCUT2D eigenvalue weighted by Crippen LogP contribution is -2.16. The molecule has 1 unspecified atom stereocenters. The monoisotopic (exact) mass is 297 g/mol. The standard InChI is InChI=1S/C14H17Cl2N3/c1-9-14(16)13(19(2)18-9)7-11(8-17)10-4-3-5-12(15)6-10/h3-6,11H,7-8,17H2,1-2H3.